The molecule has 1 aliphatic rings. The standard InChI is InChI=1S/C19H20N2O3/c1-2-24-15-11-9-14(10-12-15)20-19(23)16-6-3-4-7-17(16)21-13-5-8-18(21)22/h3-4,6-7,9-12H,2,5,8,13H2,1H3,(H,20,23). The van der Waals surface area contributed by atoms with E-state index in [-0.39, 0.29) is 11.8 Å². The van der Waals surface area contributed by atoms with E-state index in [4.69, 9.17) is 4.74 Å². The Morgan fingerprint density at radius 3 is 2.58 bits per heavy atom. The molecule has 1 N–H and O–H groups in total. The van der Waals surface area contributed by atoms with Gasteiger partial charge in [-0.15, -0.1) is 0 Å². The average Bonchev–Trinajstić information content (AvgIpc) is 3.03. The molecule has 0 atom stereocenters. The van der Waals surface area contributed by atoms with Crippen LogP contribution in [0, 0.1) is 0 Å². The number of nitrogens with one attached hydrogen (secondary N) is 1. The smallest absolute Gasteiger partial charge is 0.257 e. The van der Waals surface area contributed by atoms with Crippen molar-refractivity contribution >= 4 is 23.2 Å². The molecule has 1 aliphatic heterocycles. The highest BCUT2D eigenvalue weighted by Crippen LogP contribution is 2.26. The number of anilines is 2. The fraction of sp³-hybridized carbons (Fsp3) is 0.263. The van der Waals surface area contributed by atoms with Gasteiger partial charge in [-0.2, -0.15) is 0 Å². The van der Waals surface area contributed by atoms with Crippen LogP contribution in [0.15, 0.2) is 48.5 Å². The maximum atomic E-state index is 12.6. The van der Waals surface area contributed by atoms with Crippen molar-refractivity contribution in [2.75, 3.05) is 23.4 Å². The highest BCUT2D eigenvalue weighted by molar-refractivity contribution is 6.11. The zero-order valence-corrected chi connectivity index (χ0v) is 13.6. The summed E-state index contributed by atoms with van der Waals surface area (Å²) in [6.45, 7) is 3.18. The zero-order valence-electron chi connectivity index (χ0n) is 13.6. The molecule has 0 saturated carbocycles. The second-order valence-corrected chi connectivity index (χ2v) is 5.58. The van der Waals surface area contributed by atoms with Gasteiger partial charge in [-0.25, -0.2) is 0 Å². The van der Waals surface area contributed by atoms with Gasteiger partial charge in [-0.1, -0.05) is 12.1 Å². The number of para-hydroxylation sites is 1. The minimum atomic E-state index is -0.227. The van der Waals surface area contributed by atoms with Crippen molar-refractivity contribution in [3.8, 4) is 5.75 Å². The number of amides is 2. The summed E-state index contributed by atoms with van der Waals surface area (Å²) in [4.78, 5) is 26.3. The number of carbonyl (C=O) groups excluding carboxylic acids is 2. The number of rotatable bonds is 5. The minimum Gasteiger partial charge on any atom is -0.494 e. The van der Waals surface area contributed by atoms with Gasteiger partial charge in [0, 0.05) is 18.7 Å². The molecule has 5 heteroatoms. The third-order valence-electron chi connectivity index (χ3n) is 3.94. The van der Waals surface area contributed by atoms with Crippen LogP contribution in [0.25, 0.3) is 0 Å². The molecular formula is C19H20N2O3. The van der Waals surface area contributed by atoms with Crippen molar-refractivity contribution in [3.05, 3.63) is 54.1 Å². The Balaban J connectivity index is 1.79. The molecule has 2 aromatic rings. The van der Waals surface area contributed by atoms with Crippen LogP contribution in [-0.4, -0.2) is 25.0 Å². The Morgan fingerprint density at radius 2 is 1.92 bits per heavy atom. The quantitative estimate of drug-likeness (QED) is 0.916. The molecule has 0 bridgehead atoms. The van der Waals surface area contributed by atoms with E-state index >= 15 is 0 Å². The average molecular weight is 324 g/mol. The SMILES string of the molecule is CCOc1ccc(NC(=O)c2ccccc2N2CCCC2=O)cc1. The van der Waals surface area contributed by atoms with E-state index in [2.05, 4.69) is 5.32 Å². The molecule has 0 unspecified atom stereocenters. The summed E-state index contributed by atoms with van der Waals surface area (Å²) in [6.07, 6.45) is 1.36. The molecule has 2 amide bonds. The van der Waals surface area contributed by atoms with E-state index in [1.54, 1.807) is 29.2 Å². The summed E-state index contributed by atoms with van der Waals surface area (Å²) in [5.74, 6) is 0.601. The monoisotopic (exact) mass is 324 g/mol. The van der Waals surface area contributed by atoms with Gasteiger partial charge in [0.1, 0.15) is 5.75 Å². The summed E-state index contributed by atoms with van der Waals surface area (Å²) in [5, 5.41) is 2.87. The van der Waals surface area contributed by atoms with Crippen molar-refractivity contribution in [1.82, 2.24) is 0 Å². The van der Waals surface area contributed by atoms with Crippen LogP contribution in [0.5, 0.6) is 5.75 Å². The van der Waals surface area contributed by atoms with Crippen molar-refractivity contribution in [2.45, 2.75) is 19.8 Å². The molecule has 0 radical (unpaired) electrons. The lowest BCUT2D eigenvalue weighted by atomic mass is 10.1. The van der Waals surface area contributed by atoms with Crippen molar-refractivity contribution < 1.29 is 14.3 Å². The fourth-order valence-corrected chi connectivity index (χ4v) is 2.80. The molecule has 1 saturated heterocycles. The van der Waals surface area contributed by atoms with E-state index in [0.717, 1.165) is 12.2 Å². The molecule has 3 rings (SSSR count). The lowest BCUT2D eigenvalue weighted by Gasteiger charge is -2.19. The first-order chi connectivity index (χ1) is 11.7. The molecule has 5 nitrogen and oxygen atoms in total. The Hall–Kier alpha value is -2.82. The summed E-state index contributed by atoms with van der Waals surface area (Å²) in [5.41, 5.74) is 1.86. The van der Waals surface area contributed by atoms with Gasteiger partial charge in [0.25, 0.3) is 5.91 Å². The Labute approximate surface area is 141 Å². The van der Waals surface area contributed by atoms with Gasteiger partial charge in [0.05, 0.1) is 17.9 Å². The van der Waals surface area contributed by atoms with Crippen LogP contribution in [0.1, 0.15) is 30.1 Å². The number of carbonyl (C=O) groups is 2. The summed E-state index contributed by atoms with van der Waals surface area (Å²) in [7, 11) is 0. The summed E-state index contributed by atoms with van der Waals surface area (Å²) < 4.78 is 5.39. The Morgan fingerprint density at radius 1 is 1.17 bits per heavy atom. The van der Waals surface area contributed by atoms with Gasteiger partial charge < -0.3 is 15.0 Å². The normalized spacial score (nSPS) is 13.9. The second kappa shape index (κ2) is 7.17. The highest BCUT2D eigenvalue weighted by Gasteiger charge is 2.25. The number of ether oxygens (including phenoxy) is 1. The molecule has 1 fully saturated rings. The minimum absolute atomic E-state index is 0.0660. The van der Waals surface area contributed by atoms with Crippen molar-refractivity contribution in [1.29, 1.82) is 0 Å². The van der Waals surface area contributed by atoms with Crippen LogP contribution in [0.4, 0.5) is 11.4 Å². The molecule has 2 aromatic carbocycles. The molecule has 0 aliphatic carbocycles. The van der Waals surface area contributed by atoms with Crippen molar-refractivity contribution in [3.63, 3.8) is 0 Å². The first-order valence-corrected chi connectivity index (χ1v) is 8.12. The third kappa shape index (κ3) is 3.40. The molecule has 0 aromatic heterocycles. The molecule has 24 heavy (non-hydrogen) atoms. The maximum absolute atomic E-state index is 12.6. The fourth-order valence-electron chi connectivity index (χ4n) is 2.80. The Kier molecular flexibility index (Phi) is 4.79. The maximum Gasteiger partial charge on any atom is 0.257 e. The van der Waals surface area contributed by atoms with E-state index in [1.807, 2.05) is 31.2 Å². The van der Waals surface area contributed by atoms with Crippen LogP contribution in [0.3, 0.4) is 0 Å². The number of benzene rings is 2. The molecule has 0 spiro atoms. The predicted molar refractivity (Wildman–Crippen MR) is 93.6 cm³/mol. The lowest BCUT2D eigenvalue weighted by molar-refractivity contribution is -0.117. The summed E-state index contributed by atoms with van der Waals surface area (Å²) >= 11 is 0. The van der Waals surface area contributed by atoms with Crippen molar-refractivity contribution in [2.24, 2.45) is 0 Å². The molecule has 124 valence electrons. The molecular weight excluding hydrogens is 304 g/mol. The van der Waals surface area contributed by atoms with Crippen LogP contribution in [-0.2, 0) is 4.79 Å². The molecule has 1 heterocycles. The number of hydrogen-bond acceptors (Lipinski definition) is 3. The summed E-state index contributed by atoms with van der Waals surface area (Å²) in [6, 6.07) is 14.4. The first kappa shape index (κ1) is 16.1. The van der Waals surface area contributed by atoms with Gasteiger partial charge in [0.2, 0.25) is 5.91 Å². The van der Waals surface area contributed by atoms with Gasteiger partial charge in [0.15, 0.2) is 0 Å². The van der Waals surface area contributed by atoms with E-state index in [0.29, 0.717) is 36.5 Å². The van der Waals surface area contributed by atoms with E-state index in [1.165, 1.54) is 0 Å². The van der Waals surface area contributed by atoms with Crippen LogP contribution >= 0.6 is 0 Å². The highest BCUT2D eigenvalue weighted by atomic mass is 16.5. The lowest BCUT2D eigenvalue weighted by Crippen LogP contribution is -2.27. The first-order valence-electron chi connectivity index (χ1n) is 8.12. The number of hydrogen-bond donors (Lipinski definition) is 1. The number of nitrogens with zero attached hydrogens (tertiary/aromatic N) is 1. The van der Waals surface area contributed by atoms with E-state index in [9.17, 15) is 9.59 Å². The van der Waals surface area contributed by atoms with Crippen LogP contribution < -0.4 is 15.0 Å². The second-order valence-electron chi connectivity index (χ2n) is 5.58. The Bertz CT molecular complexity index is 741. The zero-order chi connectivity index (χ0) is 16.9. The van der Waals surface area contributed by atoms with Gasteiger partial charge in [-0.3, -0.25) is 9.59 Å². The largest absolute Gasteiger partial charge is 0.494 e. The predicted octanol–water partition coefficient (Wildman–Crippen LogP) is 3.46. The van der Waals surface area contributed by atoms with E-state index < -0.39 is 0 Å². The third-order valence-corrected chi connectivity index (χ3v) is 3.94. The van der Waals surface area contributed by atoms with Crippen LogP contribution in [0.2, 0.25) is 0 Å². The topological polar surface area (TPSA) is 58.6 Å². The van der Waals surface area contributed by atoms with Gasteiger partial charge in [-0.05, 0) is 49.7 Å². The van der Waals surface area contributed by atoms with Gasteiger partial charge >= 0.3 is 0 Å².